The largest absolute Gasteiger partial charge is 0.446 e. The number of rotatable bonds is 3. The van der Waals surface area contributed by atoms with Crippen molar-refractivity contribution < 1.29 is 9.53 Å². The Balaban J connectivity index is 1.55. The van der Waals surface area contributed by atoms with E-state index < -0.39 is 0 Å². The molecule has 1 fully saturated rings. The maximum Gasteiger partial charge on any atom is 0.407 e. The smallest absolute Gasteiger partial charge is 0.407 e. The average Bonchev–Trinajstić information content (AvgIpc) is 2.88. The van der Waals surface area contributed by atoms with Crippen LogP contribution in [0.3, 0.4) is 0 Å². The highest BCUT2D eigenvalue weighted by atomic mass is 16.6. The summed E-state index contributed by atoms with van der Waals surface area (Å²) >= 11 is 0. The lowest BCUT2D eigenvalue weighted by atomic mass is 9.75. The number of fused-ring (bicyclic) bond motifs is 1. The van der Waals surface area contributed by atoms with Gasteiger partial charge < -0.3 is 10.1 Å². The molecule has 3 heteroatoms. The summed E-state index contributed by atoms with van der Waals surface area (Å²) in [6.07, 6.45) is 5.10. The Kier molecular flexibility index (Phi) is 4.93. The number of hydrogen-bond donors (Lipinski definition) is 1. The highest BCUT2D eigenvalue weighted by molar-refractivity contribution is 5.68. The maximum atomic E-state index is 12.4. The van der Waals surface area contributed by atoms with Crippen LogP contribution in [0.4, 0.5) is 4.79 Å². The third-order valence-corrected chi connectivity index (χ3v) is 5.59. The van der Waals surface area contributed by atoms with Crippen molar-refractivity contribution in [2.45, 2.75) is 65.0 Å². The van der Waals surface area contributed by atoms with Gasteiger partial charge in [-0.15, -0.1) is 0 Å². The highest BCUT2D eigenvalue weighted by Crippen LogP contribution is 2.35. The van der Waals surface area contributed by atoms with Crippen molar-refractivity contribution in [2.75, 3.05) is 0 Å². The zero-order valence-electron chi connectivity index (χ0n) is 14.5. The van der Waals surface area contributed by atoms with Gasteiger partial charge in [-0.05, 0) is 54.6 Å². The fourth-order valence-electron chi connectivity index (χ4n) is 4.25. The van der Waals surface area contributed by atoms with Gasteiger partial charge in [-0.25, -0.2) is 4.79 Å². The van der Waals surface area contributed by atoms with Gasteiger partial charge in [-0.1, -0.05) is 51.5 Å². The van der Waals surface area contributed by atoms with Crippen molar-refractivity contribution in [2.24, 2.45) is 17.8 Å². The van der Waals surface area contributed by atoms with Crippen LogP contribution in [0.15, 0.2) is 24.3 Å². The molecule has 2 aliphatic rings. The predicted octanol–water partition coefficient (Wildman–Crippen LogP) is 4.34. The minimum absolute atomic E-state index is 0.0718. The lowest BCUT2D eigenvalue weighted by Crippen LogP contribution is -2.42. The molecule has 23 heavy (non-hydrogen) atoms. The van der Waals surface area contributed by atoms with E-state index in [-0.39, 0.29) is 18.2 Å². The molecule has 126 valence electrons. The molecule has 1 aromatic rings. The molecule has 3 atom stereocenters. The van der Waals surface area contributed by atoms with Crippen LogP contribution in [-0.2, 0) is 17.6 Å². The van der Waals surface area contributed by atoms with Crippen LogP contribution in [0, 0.1) is 17.8 Å². The molecular formula is C20H29NO2. The van der Waals surface area contributed by atoms with Crippen molar-refractivity contribution in [1.82, 2.24) is 5.32 Å². The summed E-state index contributed by atoms with van der Waals surface area (Å²) in [5, 5.41) is 3.09. The molecule has 0 aromatic heterocycles. The van der Waals surface area contributed by atoms with Crippen LogP contribution in [0.25, 0.3) is 0 Å². The zero-order valence-corrected chi connectivity index (χ0v) is 14.5. The molecule has 0 saturated heterocycles. The third-order valence-electron chi connectivity index (χ3n) is 5.59. The lowest BCUT2D eigenvalue weighted by Gasteiger charge is -2.36. The molecule has 1 N–H and O–H groups in total. The Morgan fingerprint density at radius 1 is 1.17 bits per heavy atom. The minimum atomic E-state index is -0.229. The van der Waals surface area contributed by atoms with Gasteiger partial charge in [0.2, 0.25) is 0 Å². The average molecular weight is 315 g/mol. The van der Waals surface area contributed by atoms with E-state index in [1.165, 1.54) is 24.0 Å². The maximum absolute atomic E-state index is 12.4. The molecular weight excluding hydrogens is 286 g/mol. The van der Waals surface area contributed by atoms with Crippen LogP contribution >= 0.6 is 0 Å². The second-order valence-corrected chi connectivity index (χ2v) is 7.79. The molecule has 0 radical (unpaired) electrons. The summed E-state index contributed by atoms with van der Waals surface area (Å²) < 4.78 is 5.85. The van der Waals surface area contributed by atoms with E-state index in [9.17, 15) is 4.79 Å². The summed E-state index contributed by atoms with van der Waals surface area (Å²) in [5.74, 6) is 1.72. The molecule has 2 aliphatic carbocycles. The van der Waals surface area contributed by atoms with E-state index in [0.717, 1.165) is 19.3 Å². The fraction of sp³-hybridized carbons (Fsp3) is 0.650. The number of alkyl carbamates (subject to hydrolysis) is 1. The number of benzene rings is 1. The molecule has 0 spiro atoms. The number of amides is 1. The summed E-state index contributed by atoms with van der Waals surface area (Å²) in [7, 11) is 0. The monoisotopic (exact) mass is 315 g/mol. The first-order valence-corrected chi connectivity index (χ1v) is 9.07. The Labute approximate surface area is 139 Å². The summed E-state index contributed by atoms with van der Waals surface area (Å²) in [5.41, 5.74) is 2.70. The fourth-order valence-corrected chi connectivity index (χ4v) is 4.25. The van der Waals surface area contributed by atoms with Crippen LogP contribution in [0.2, 0.25) is 0 Å². The minimum Gasteiger partial charge on any atom is -0.446 e. The molecule has 1 aromatic carbocycles. The van der Waals surface area contributed by atoms with E-state index in [4.69, 9.17) is 4.74 Å². The van der Waals surface area contributed by atoms with Crippen LogP contribution in [-0.4, -0.2) is 18.2 Å². The number of carbonyl (C=O) groups excluding carboxylic acids is 1. The molecule has 1 unspecified atom stereocenters. The van der Waals surface area contributed by atoms with Crippen LogP contribution in [0.5, 0.6) is 0 Å². The van der Waals surface area contributed by atoms with Gasteiger partial charge in [-0.2, -0.15) is 0 Å². The van der Waals surface area contributed by atoms with E-state index >= 15 is 0 Å². The summed E-state index contributed by atoms with van der Waals surface area (Å²) in [6.45, 7) is 6.74. The molecule has 3 nitrogen and oxygen atoms in total. The quantitative estimate of drug-likeness (QED) is 0.901. The summed E-state index contributed by atoms with van der Waals surface area (Å²) in [6, 6.07) is 8.62. The molecule has 0 bridgehead atoms. The van der Waals surface area contributed by atoms with Gasteiger partial charge in [0.1, 0.15) is 6.10 Å². The Bertz CT molecular complexity index is 529. The number of hydrogen-bond acceptors (Lipinski definition) is 2. The van der Waals surface area contributed by atoms with Gasteiger partial charge in [0.15, 0.2) is 0 Å². The zero-order chi connectivity index (χ0) is 16.4. The van der Waals surface area contributed by atoms with Gasteiger partial charge >= 0.3 is 6.09 Å². The Hall–Kier alpha value is -1.51. The molecule has 0 aliphatic heterocycles. The van der Waals surface area contributed by atoms with Crippen molar-refractivity contribution in [3.05, 3.63) is 35.4 Å². The van der Waals surface area contributed by atoms with E-state index in [0.29, 0.717) is 17.8 Å². The lowest BCUT2D eigenvalue weighted by molar-refractivity contribution is 0.00511. The molecule has 1 amide bonds. The van der Waals surface area contributed by atoms with Gasteiger partial charge in [0.05, 0.1) is 0 Å². The van der Waals surface area contributed by atoms with Gasteiger partial charge in [0.25, 0.3) is 0 Å². The number of nitrogens with one attached hydrogen (secondary N) is 1. The van der Waals surface area contributed by atoms with Crippen molar-refractivity contribution in [3.8, 4) is 0 Å². The normalized spacial score (nSPS) is 27.7. The summed E-state index contributed by atoms with van der Waals surface area (Å²) in [4.78, 5) is 12.4. The van der Waals surface area contributed by atoms with Crippen molar-refractivity contribution in [1.29, 1.82) is 0 Å². The second-order valence-electron chi connectivity index (χ2n) is 7.79. The first-order valence-electron chi connectivity index (χ1n) is 9.07. The topological polar surface area (TPSA) is 38.3 Å². The SMILES string of the molecule is CC(C)C1CC[C@@H](C)C[C@H]1OC(=O)NC1Cc2ccccc2C1. The van der Waals surface area contributed by atoms with Crippen molar-refractivity contribution >= 4 is 6.09 Å². The van der Waals surface area contributed by atoms with E-state index in [1.54, 1.807) is 0 Å². The highest BCUT2D eigenvalue weighted by Gasteiger charge is 2.34. The van der Waals surface area contributed by atoms with Crippen LogP contribution in [0.1, 0.15) is 51.2 Å². The predicted molar refractivity (Wildman–Crippen MR) is 92.4 cm³/mol. The van der Waals surface area contributed by atoms with Crippen LogP contribution < -0.4 is 5.32 Å². The molecule has 3 rings (SSSR count). The second kappa shape index (κ2) is 6.94. The Morgan fingerprint density at radius 2 is 1.83 bits per heavy atom. The first kappa shape index (κ1) is 16.4. The van der Waals surface area contributed by atoms with Gasteiger partial charge in [-0.3, -0.25) is 0 Å². The molecule has 1 saturated carbocycles. The first-order chi connectivity index (χ1) is 11.0. The number of carbonyl (C=O) groups is 1. The van der Waals surface area contributed by atoms with E-state index in [2.05, 4.69) is 50.4 Å². The van der Waals surface area contributed by atoms with Gasteiger partial charge in [0, 0.05) is 6.04 Å². The third kappa shape index (κ3) is 3.88. The molecule has 0 heterocycles. The van der Waals surface area contributed by atoms with Crippen molar-refractivity contribution in [3.63, 3.8) is 0 Å². The van der Waals surface area contributed by atoms with E-state index in [1.807, 2.05) is 0 Å². The Morgan fingerprint density at radius 3 is 2.43 bits per heavy atom. The standard InChI is InChI=1S/C20H29NO2/c1-13(2)18-9-8-14(3)10-19(18)23-20(22)21-17-11-15-6-4-5-7-16(15)12-17/h4-7,13-14,17-19H,8-12H2,1-3H3,(H,21,22)/t14-,18?,19-/m1/s1. The number of ether oxygens (including phenoxy) is 1.